The largest absolute Gasteiger partial charge is 0.313 e. The molecule has 0 aromatic carbocycles. The molecule has 1 N–H and O–H groups in total. The minimum Gasteiger partial charge on any atom is -0.313 e. The first-order valence-corrected chi connectivity index (χ1v) is 3.47. The Morgan fingerprint density at radius 1 is 1.67 bits per heavy atom. The van der Waals surface area contributed by atoms with E-state index in [0.29, 0.717) is 6.04 Å². The molecular weight excluding hydrogens is 112 g/mol. The van der Waals surface area contributed by atoms with Gasteiger partial charge in [-0.25, -0.2) is 0 Å². The SMILES string of the molecule is C[C@@H]1NCCC[C@H]1C#N. The Balaban J connectivity index is 2.41. The highest BCUT2D eigenvalue weighted by Gasteiger charge is 2.19. The molecule has 0 spiro atoms. The van der Waals surface area contributed by atoms with Crippen molar-refractivity contribution in [2.75, 3.05) is 6.54 Å². The minimum atomic E-state index is 0.249. The molecule has 0 amide bonds. The van der Waals surface area contributed by atoms with Crippen LogP contribution in [0, 0.1) is 17.2 Å². The van der Waals surface area contributed by atoms with Gasteiger partial charge in [0.05, 0.1) is 12.0 Å². The van der Waals surface area contributed by atoms with E-state index in [2.05, 4.69) is 18.3 Å². The normalized spacial score (nSPS) is 35.6. The van der Waals surface area contributed by atoms with Crippen molar-refractivity contribution >= 4 is 0 Å². The summed E-state index contributed by atoms with van der Waals surface area (Å²) >= 11 is 0. The molecule has 9 heavy (non-hydrogen) atoms. The van der Waals surface area contributed by atoms with E-state index in [1.165, 1.54) is 0 Å². The zero-order valence-electron chi connectivity index (χ0n) is 5.72. The average molecular weight is 124 g/mol. The molecule has 0 unspecified atom stereocenters. The van der Waals surface area contributed by atoms with Crippen LogP contribution in [0.3, 0.4) is 0 Å². The molecule has 2 atom stereocenters. The van der Waals surface area contributed by atoms with Crippen molar-refractivity contribution in [3.05, 3.63) is 0 Å². The van der Waals surface area contributed by atoms with Gasteiger partial charge in [-0.3, -0.25) is 0 Å². The van der Waals surface area contributed by atoms with E-state index in [9.17, 15) is 0 Å². The van der Waals surface area contributed by atoms with Crippen molar-refractivity contribution in [2.24, 2.45) is 5.92 Å². The lowest BCUT2D eigenvalue weighted by molar-refractivity contribution is 0.355. The van der Waals surface area contributed by atoms with Crippen LogP contribution in [0.25, 0.3) is 0 Å². The molecular formula is C7H12N2. The molecule has 2 nitrogen and oxygen atoms in total. The molecule has 1 rings (SSSR count). The summed E-state index contributed by atoms with van der Waals surface area (Å²) in [6.07, 6.45) is 2.23. The lowest BCUT2D eigenvalue weighted by Crippen LogP contribution is -2.38. The van der Waals surface area contributed by atoms with Crippen LogP contribution >= 0.6 is 0 Å². The molecule has 0 aliphatic carbocycles. The second kappa shape index (κ2) is 2.84. The van der Waals surface area contributed by atoms with E-state index in [1.54, 1.807) is 0 Å². The maximum atomic E-state index is 8.57. The molecule has 2 heteroatoms. The van der Waals surface area contributed by atoms with Crippen molar-refractivity contribution in [1.29, 1.82) is 5.26 Å². The van der Waals surface area contributed by atoms with Gasteiger partial charge in [-0.05, 0) is 26.3 Å². The van der Waals surface area contributed by atoms with E-state index in [4.69, 9.17) is 5.26 Å². The fraction of sp³-hybridized carbons (Fsp3) is 0.857. The van der Waals surface area contributed by atoms with E-state index in [0.717, 1.165) is 19.4 Å². The highest BCUT2D eigenvalue weighted by atomic mass is 14.9. The third-order valence-electron chi connectivity index (χ3n) is 1.93. The predicted molar refractivity (Wildman–Crippen MR) is 35.8 cm³/mol. The van der Waals surface area contributed by atoms with Gasteiger partial charge in [-0.1, -0.05) is 0 Å². The average Bonchev–Trinajstić information content (AvgIpc) is 1.89. The van der Waals surface area contributed by atoms with Crippen LogP contribution in [0.15, 0.2) is 0 Å². The molecule has 1 saturated heterocycles. The second-order valence-corrected chi connectivity index (χ2v) is 2.62. The highest BCUT2D eigenvalue weighted by molar-refractivity contribution is 4.92. The lowest BCUT2D eigenvalue weighted by Gasteiger charge is -2.24. The quantitative estimate of drug-likeness (QED) is 0.520. The van der Waals surface area contributed by atoms with Gasteiger partial charge < -0.3 is 5.32 Å². The Labute approximate surface area is 55.9 Å². The summed E-state index contributed by atoms with van der Waals surface area (Å²) in [4.78, 5) is 0. The minimum absolute atomic E-state index is 0.249. The molecule has 0 aromatic rings. The Morgan fingerprint density at radius 3 is 2.89 bits per heavy atom. The zero-order valence-corrected chi connectivity index (χ0v) is 5.72. The van der Waals surface area contributed by atoms with Crippen LogP contribution in [0.1, 0.15) is 19.8 Å². The fourth-order valence-electron chi connectivity index (χ4n) is 1.22. The summed E-state index contributed by atoms with van der Waals surface area (Å²) in [5.41, 5.74) is 0. The first kappa shape index (κ1) is 6.57. The fourth-order valence-corrected chi connectivity index (χ4v) is 1.22. The number of nitrogens with one attached hydrogen (secondary N) is 1. The number of nitrogens with zero attached hydrogens (tertiary/aromatic N) is 1. The Hall–Kier alpha value is -0.550. The third-order valence-corrected chi connectivity index (χ3v) is 1.93. The Bertz CT molecular complexity index is 125. The summed E-state index contributed by atoms with van der Waals surface area (Å²) < 4.78 is 0. The third kappa shape index (κ3) is 1.43. The van der Waals surface area contributed by atoms with Gasteiger partial charge in [0, 0.05) is 6.04 Å². The van der Waals surface area contributed by atoms with Crippen molar-refractivity contribution in [3.63, 3.8) is 0 Å². The van der Waals surface area contributed by atoms with E-state index >= 15 is 0 Å². The molecule has 1 fully saturated rings. The molecule has 0 bridgehead atoms. The number of rotatable bonds is 0. The van der Waals surface area contributed by atoms with Gasteiger partial charge in [0.2, 0.25) is 0 Å². The van der Waals surface area contributed by atoms with Gasteiger partial charge in [0.1, 0.15) is 0 Å². The molecule has 1 aliphatic rings. The maximum Gasteiger partial charge on any atom is 0.0672 e. The van der Waals surface area contributed by atoms with E-state index in [-0.39, 0.29) is 5.92 Å². The first-order chi connectivity index (χ1) is 4.34. The lowest BCUT2D eigenvalue weighted by atomic mass is 9.94. The molecule has 0 saturated carbocycles. The second-order valence-electron chi connectivity index (χ2n) is 2.62. The van der Waals surface area contributed by atoms with Crippen LogP contribution < -0.4 is 5.32 Å². The summed E-state index contributed by atoms with van der Waals surface area (Å²) in [6.45, 7) is 3.16. The molecule has 50 valence electrons. The van der Waals surface area contributed by atoms with E-state index < -0.39 is 0 Å². The number of nitriles is 1. The number of hydrogen-bond donors (Lipinski definition) is 1. The van der Waals surface area contributed by atoms with Crippen LogP contribution in [-0.4, -0.2) is 12.6 Å². The smallest absolute Gasteiger partial charge is 0.0672 e. The van der Waals surface area contributed by atoms with Crippen molar-refractivity contribution in [3.8, 4) is 6.07 Å². The van der Waals surface area contributed by atoms with Gasteiger partial charge in [0.15, 0.2) is 0 Å². The topological polar surface area (TPSA) is 35.8 Å². The molecule has 0 radical (unpaired) electrons. The first-order valence-electron chi connectivity index (χ1n) is 3.47. The van der Waals surface area contributed by atoms with E-state index in [1.807, 2.05) is 0 Å². The van der Waals surface area contributed by atoms with Gasteiger partial charge in [0.25, 0.3) is 0 Å². The zero-order chi connectivity index (χ0) is 6.69. The van der Waals surface area contributed by atoms with Crippen molar-refractivity contribution < 1.29 is 0 Å². The highest BCUT2D eigenvalue weighted by Crippen LogP contribution is 2.13. The summed E-state index contributed by atoms with van der Waals surface area (Å²) in [7, 11) is 0. The maximum absolute atomic E-state index is 8.57. The van der Waals surface area contributed by atoms with Crippen LogP contribution in [0.2, 0.25) is 0 Å². The van der Waals surface area contributed by atoms with Gasteiger partial charge in [-0.15, -0.1) is 0 Å². The molecule has 1 aliphatic heterocycles. The number of hydrogen-bond acceptors (Lipinski definition) is 2. The van der Waals surface area contributed by atoms with Gasteiger partial charge >= 0.3 is 0 Å². The standard InChI is InChI=1S/C7H12N2/c1-6-7(5-8)3-2-4-9-6/h6-7,9H,2-4H2,1H3/t6-,7-/m0/s1. The Kier molecular flexibility index (Phi) is 2.07. The Morgan fingerprint density at radius 2 is 2.44 bits per heavy atom. The van der Waals surface area contributed by atoms with Gasteiger partial charge in [-0.2, -0.15) is 5.26 Å². The predicted octanol–water partition coefficient (Wildman–Crippen LogP) is 0.898. The van der Waals surface area contributed by atoms with Crippen LogP contribution in [0.4, 0.5) is 0 Å². The van der Waals surface area contributed by atoms with Crippen LogP contribution in [-0.2, 0) is 0 Å². The molecule has 1 heterocycles. The summed E-state index contributed by atoms with van der Waals surface area (Å²) in [6, 6.07) is 2.70. The number of piperidine rings is 1. The monoisotopic (exact) mass is 124 g/mol. The van der Waals surface area contributed by atoms with Crippen LogP contribution in [0.5, 0.6) is 0 Å². The summed E-state index contributed by atoms with van der Waals surface area (Å²) in [5.74, 6) is 0.249. The van der Waals surface area contributed by atoms with Crippen molar-refractivity contribution in [2.45, 2.75) is 25.8 Å². The molecule has 0 aromatic heterocycles. The van der Waals surface area contributed by atoms with Crippen molar-refractivity contribution in [1.82, 2.24) is 5.32 Å². The summed E-state index contributed by atoms with van der Waals surface area (Å²) in [5, 5.41) is 11.8.